The van der Waals surface area contributed by atoms with Gasteiger partial charge in [-0.2, -0.15) is 0 Å². The highest BCUT2D eigenvalue weighted by Gasteiger charge is 2.36. The Morgan fingerprint density at radius 3 is 2.94 bits per heavy atom. The van der Waals surface area contributed by atoms with Gasteiger partial charge in [0.25, 0.3) is 0 Å². The topological polar surface area (TPSA) is 39.2 Å². The first-order chi connectivity index (χ1) is 7.81. The van der Waals surface area contributed by atoms with E-state index in [0.29, 0.717) is 18.9 Å². The first-order valence-electron chi connectivity index (χ1n) is 5.85. The SMILES string of the molecule is CCOC(C(=O)Cc1ccccn1)C1CC1. The number of pyridine rings is 1. The molecule has 1 aromatic heterocycles. The van der Waals surface area contributed by atoms with Crippen molar-refractivity contribution in [2.75, 3.05) is 6.61 Å². The van der Waals surface area contributed by atoms with E-state index in [9.17, 15) is 4.79 Å². The molecule has 0 aromatic carbocycles. The van der Waals surface area contributed by atoms with E-state index in [1.54, 1.807) is 6.20 Å². The summed E-state index contributed by atoms with van der Waals surface area (Å²) in [6, 6.07) is 5.64. The van der Waals surface area contributed by atoms with Crippen molar-refractivity contribution in [3.8, 4) is 0 Å². The van der Waals surface area contributed by atoms with Gasteiger partial charge in [0.1, 0.15) is 6.10 Å². The van der Waals surface area contributed by atoms with Crippen molar-refractivity contribution in [3.05, 3.63) is 30.1 Å². The average molecular weight is 219 g/mol. The number of ether oxygens (including phenoxy) is 1. The molecule has 1 unspecified atom stereocenters. The minimum atomic E-state index is -0.202. The Balaban J connectivity index is 1.95. The molecule has 1 fully saturated rings. The molecule has 0 saturated heterocycles. The van der Waals surface area contributed by atoms with Gasteiger partial charge in [-0.1, -0.05) is 6.07 Å². The van der Waals surface area contributed by atoms with Gasteiger partial charge in [0.2, 0.25) is 0 Å². The Bertz CT molecular complexity index is 346. The maximum absolute atomic E-state index is 12.0. The average Bonchev–Trinajstić information content (AvgIpc) is 3.11. The lowest BCUT2D eigenvalue weighted by Gasteiger charge is -2.14. The summed E-state index contributed by atoms with van der Waals surface area (Å²) in [4.78, 5) is 16.2. The van der Waals surface area contributed by atoms with Crippen LogP contribution in [0.25, 0.3) is 0 Å². The van der Waals surface area contributed by atoms with E-state index >= 15 is 0 Å². The summed E-state index contributed by atoms with van der Waals surface area (Å²) in [5.41, 5.74) is 0.831. The van der Waals surface area contributed by atoms with Gasteiger partial charge in [-0.25, -0.2) is 0 Å². The zero-order chi connectivity index (χ0) is 11.4. The monoisotopic (exact) mass is 219 g/mol. The Kier molecular flexibility index (Phi) is 3.67. The standard InChI is InChI=1S/C13H17NO2/c1-2-16-13(10-6-7-10)12(15)9-11-5-3-4-8-14-11/h3-5,8,10,13H,2,6-7,9H2,1H3. The second-order valence-electron chi connectivity index (χ2n) is 4.18. The minimum absolute atomic E-state index is 0.169. The number of carbonyl (C=O) groups excluding carboxylic acids is 1. The van der Waals surface area contributed by atoms with Gasteiger partial charge < -0.3 is 4.74 Å². The molecule has 0 amide bonds. The number of nitrogens with zero attached hydrogens (tertiary/aromatic N) is 1. The summed E-state index contributed by atoms with van der Waals surface area (Å²) in [6.45, 7) is 2.54. The first-order valence-corrected chi connectivity index (χ1v) is 5.85. The quantitative estimate of drug-likeness (QED) is 0.734. The zero-order valence-electron chi connectivity index (χ0n) is 9.56. The number of Topliss-reactive ketones (excluding diaryl/α,β-unsaturated/α-hetero) is 1. The molecule has 0 N–H and O–H groups in total. The molecule has 1 aliphatic carbocycles. The fourth-order valence-corrected chi connectivity index (χ4v) is 1.85. The lowest BCUT2D eigenvalue weighted by Crippen LogP contribution is -2.28. The fraction of sp³-hybridized carbons (Fsp3) is 0.538. The molecule has 1 aromatic rings. The van der Waals surface area contributed by atoms with Crippen LogP contribution < -0.4 is 0 Å². The molecule has 0 radical (unpaired) electrons. The van der Waals surface area contributed by atoms with Crippen molar-refractivity contribution in [1.82, 2.24) is 4.98 Å². The molecule has 3 heteroatoms. The third-order valence-corrected chi connectivity index (χ3v) is 2.80. The number of hydrogen-bond donors (Lipinski definition) is 0. The highest BCUT2D eigenvalue weighted by atomic mass is 16.5. The van der Waals surface area contributed by atoms with Crippen LogP contribution in [0.2, 0.25) is 0 Å². The Hall–Kier alpha value is -1.22. The molecule has 0 aliphatic heterocycles. The van der Waals surface area contributed by atoms with Crippen molar-refractivity contribution in [2.24, 2.45) is 5.92 Å². The van der Waals surface area contributed by atoms with Gasteiger partial charge in [0.15, 0.2) is 5.78 Å². The number of carbonyl (C=O) groups is 1. The van der Waals surface area contributed by atoms with Gasteiger partial charge in [-0.15, -0.1) is 0 Å². The van der Waals surface area contributed by atoms with E-state index in [-0.39, 0.29) is 11.9 Å². The number of aromatic nitrogens is 1. The summed E-state index contributed by atoms with van der Waals surface area (Å²) >= 11 is 0. The molecule has 0 bridgehead atoms. The largest absolute Gasteiger partial charge is 0.370 e. The summed E-state index contributed by atoms with van der Waals surface area (Å²) in [6.07, 6.45) is 4.15. The van der Waals surface area contributed by atoms with E-state index in [1.807, 2.05) is 25.1 Å². The third-order valence-electron chi connectivity index (χ3n) is 2.80. The van der Waals surface area contributed by atoms with E-state index in [2.05, 4.69) is 4.98 Å². The van der Waals surface area contributed by atoms with Crippen molar-refractivity contribution in [3.63, 3.8) is 0 Å². The second-order valence-corrected chi connectivity index (χ2v) is 4.18. The van der Waals surface area contributed by atoms with Crippen LogP contribution in [0, 0.1) is 5.92 Å². The van der Waals surface area contributed by atoms with Crippen molar-refractivity contribution >= 4 is 5.78 Å². The van der Waals surface area contributed by atoms with Crippen LogP contribution in [0.1, 0.15) is 25.5 Å². The lowest BCUT2D eigenvalue weighted by molar-refractivity contribution is -0.131. The van der Waals surface area contributed by atoms with E-state index < -0.39 is 0 Å². The van der Waals surface area contributed by atoms with Gasteiger partial charge in [0.05, 0.1) is 6.42 Å². The molecule has 16 heavy (non-hydrogen) atoms. The van der Waals surface area contributed by atoms with Gasteiger partial charge in [-0.05, 0) is 37.8 Å². The van der Waals surface area contributed by atoms with Gasteiger partial charge in [0, 0.05) is 18.5 Å². The molecule has 3 nitrogen and oxygen atoms in total. The van der Waals surface area contributed by atoms with Crippen LogP contribution in [0.5, 0.6) is 0 Å². The Labute approximate surface area is 95.8 Å². The molecule has 86 valence electrons. The molecule has 1 aliphatic rings. The van der Waals surface area contributed by atoms with Gasteiger partial charge >= 0.3 is 0 Å². The predicted octanol–water partition coefficient (Wildman–Crippen LogP) is 2.01. The fourth-order valence-electron chi connectivity index (χ4n) is 1.85. The number of rotatable bonds is 6. The van der Waals surface area contributed by atoms with Crippen molar-refractivity contribution in [2.45, 2.75) is 32.3 Å². The van der Waals surface area contributed by atoms with Crippen LogP contribution in [0.15, 0.2) is 24.4 Å². The number of hydrogen-bond acceptors (Lipinski definition) is 3. The lowest BCUT2D eigenvalue weighted by atomic mass is 10.1. The minimum Gasteiger partial charge on any atom is -0.370 e. The highest BCUT2D eigenvalue weighted by Crippen LogP contribution is 2.35. The van der Waals surface area contributed by atoms with E-state index in [1.165, 1.54) is 0 Å². The molecule has 2 rings (SSSR count). The maximum atomic E-state index is 12.0. The van der Waals surface area contributed by atoms with Crippen molar-refractivity contribution in [1.29, 1.82) is 0 Å². The third kappa shape index (κ3) is 2.89. The van der Waals surface area contributed by atoms with Crippen LogP contribution in [-0.4, -0.2) is 23.5 Å². The summed E-state index contributed by atoms with van der Waals surface area (Å²) in [5.74, 6) is 0.624. The van der Waals surface area contributed by atoms with E-state index in [0.717, 1.165) is 18.5 Å². The Morgan fingerprint density at radius 1 is 1.56 bits per heavy atom. The molecule has 1 heterocycles. The predicted molar refractivity (Wildman–Crippen MR) is 61.1 cm³/mol. The molecule has 0 spiro atoms. The molecule has 1 atom stereocenters. The van der Waals surface area contributed by atoms with Crippen LogP contribution in [-0.2, 0) is 16.0 Å². The molecular formula is C13H17NO2. The zero-order valence-corrected chi connectivity index (χ0v) is 9.56. The Morgan fingerprint density at radius 2 is 2.38 bits per heavy atom. The highest BCUT2D eigenvalue weighted by molar-refractivity contribution is 5.85. The number of ketones is 1. The van der Waals surface area contributed by atoms with Crippen LogP contribution in [0.3, 0.4) is 0 Å². The molecular weight excluding hydrogens is 202 g/mol. The van der Waals surface area contributed by atoms with Crippen LogP contribution >= 0.6 is 0 Å². The smallest absolute Gasteiger partial charge is 0.167 e. The summed E-state index contributed by atoms with van der Waals surface area (Å²) < 4.78 is 5.52. The normalized spacial score (nSPS) is 17.1. The first kappa shape index (κ1) is 11.3. The van der Waals surface area contributed by atoms with Crippen LogP contribution in [0.4, 0.5) is 0 Å². The second kappa shape index (κ2) is 5.21. The summed E-state index contributed by atoms with van der Waals surface area (Å²) in [7, 11) is 0. The van der Waals surface area contributed by atoms with Gasteiger partial charge in [-0.3, -0.25) is 9.78 Å². The molecule has 1 saturated carbocycles. The van der Waals surface area contributed by atoms with Crippen molar-refractivity contribution < 1.29 is 9.53 Å². The van der Waals surface area contributed by atoms with E-state index in [4.69, 9.17) is 4.74 Å². The summed E-state index contributed by atoms with van der Waals surface area (Å²) in [5, 5.41) is 0. The maximum Gasteiger partial charge on any atom is 0.167 e.